The lowest BCUT2D eigenvalue weighted by atomic mass is 10.2. The van der Waals surface area contributed by atoms with Crippen LogP contribution in [-0.2, 0) is 4.74 Å². The average Bonchev–Trinajstić information content (AvgIpc) is 2.84. The lowest BCUT2D eigenvalue weighted by Crippen LogP contribution is -2.17. The molecule has 2 aromatic heterocycles. The Morgan fingerprint density at radius 3 is 2.76 bits per heavy atom. The molecular weight excluding hydrogens is 383 g/mol. The molecule has 0 aliphatic carbocycles. The third-order valence-electron chi connectivity index (χ3n) is 3.90. The highest BCUT2D eigenvalue weighted by atomic mass is 35.5. The molecule has 3 rings (SSSR count). The van der Waals surface area contributed by atoms with E-state index < -0.39 is 12.1 Å². The fourth-order valence-corrected chi connectivity index (χ4v) is 3.82. The van der Waals surface area contributed by atoms with Crippen molar-refractivity contribution >= 4 is 50.7 Å². The van der Waals surface area contributed by atoms with E-state index in [0.717, 1.165) is 10.4 Å². The van der Waals surface area contributed by atoms with Crippen LogP contribution in [0.5, 0.6) is 0 Å². The molecule has 0 bridgehead atoms. The maximum Gasteiger partial charge on any atom is 0.340 e. The highest BCUT2D eigenvalue weighted by Gasteiger charge is 2.21. The Hall–Kier alpha value is -1.89. The van der Waals surface area contributed by atoms with Gasteiger partial charge in [0.2, 0.25) is 0 Å². The van der Waals surface area contributed by atoms with Crippen molar-refractivity contribution < 1.29 is 9.53 Å². The molecule has 0 radical (unpaired) electrons. The number of benzene rings is 1. The minimum Gasteiger partial charge on any atom is -0.451 e. The van der Waals surface area contributed by atoms with E-state index in [1.165, 1.54) is 17.4 Å². The van der Waals surface area contributed by atoms with Crippen molar-refractivity contribution in [3.8, 4) is 0 Å². The van der Waals surface area contributed by atoms with Crippen LogP contribution in [0.15, 0.2) is 23.0 Å². The van der Waals surface area contributed by atoms with E-state index in [4.69, 9.17) is 27.9 Å². The third-order valence-corrected chi connectivity index (χ3v) is 5.82. The lowest BCUT2D eigenvalue weighted by Gasteiger charge is -2.13. The third kappa shape index (κ3) is 3.29. The minimum atomic E-state index is -0.748. The van der Waals surface area contributed by atoms with Crippen molar-refractivity contribution in [2.24, 2.45) is 0 Å². The van der Waals surface area contributed by atoms with Crippen LogP contribution in [0.4, 0.5) is 0 Å². The fourth-order valence-electron chi connectivity index (χ4n) is 2.41. The van der Waals surface area contributed by atoms with E-state index in [-0.39, 0.29) is 27.0 Å². The molecule has 0 aliphatic heterocycles. The first kappa shape index (κ1) is 17.9. The van der Waals surface area contributed by atoms with Gasteiger partial charge in [0.1, 0.15) is 4.83 Å². The summed E-state index contributed by atoms with van der Waals surface area (Å²) in [6.45, 7) is 5.45. The maximum atomic E-state index is 12.3. The smallest absolute Gasteiger partial charge is 0.340 e. The number of fused-ring (bicyclic) bond motifs is 1. The molecule has 25 heavy (non-hydrogen) atoms. The molecule has 8 heteroatoms. The summed E-state index contributed by atoms with van der Waals surface area (Å²) >= 11 is 13.4. The number of hydrogen-bond acceptors (Lipinski definition) is 5. The van der Waals surface area contributed by atoms with Gasteiger partial charge in [-0.05, 0) is 38.5 Å². The Bertz CT molecular complexity index is 1040. The molecule has 0 aliphatic rings. The summed E-state index contributed by atoms with van der Waals surface area (Å²) in [4.78, 5) is 33.4. The number of carbonyl (C=O) groups is 1. The number of thiophene rings is 1. The minimum absolute atomic E-state index is 0.128. The number of nitrogens with one attached hydrogen (secondary N) is 1. The van der Waals surface area contributed by atoms with E-state index in [2.05, 4.69) is 9.97 Å². The number of aryl methyl sites for hydroxylation is 2. The van der Waals surface area contributed by atoms with Gasteiger partial charge in [-0.2, -0.15) is 0 Å². The zero-order chi connectivity index (χ0) is 18.3. The highest BCUT2D eigenvalue weighted by Crippen LogP contribution is 2.29. The summed E-state index contributed by atoms with van der Waals surface area (Å²) in [6, 6.07) is 4.71. The van der Waals surface area contributed by atoms with Gasteiger partial charge in [-0.1, -0.05) is 29.3 Å². The average molecular weight is 397 g/mol. The molecule has 3 aromatic rings. The summed E-state index contributed by atoms with van der Waals surface area (Å²) in [5, 5.41) is 0.965. The topological polar surface area (TPSA) is 72.0 Å². The SMILES string of the molecule is Cc1sc2nc([C@@H](C)OC(=O)c3cccc(Cl)c3Cl)[nH]c(=O)c2c1C. The number of ether oxygens (including phenoxy) is 1. The Morgan fingerprint density at radius 1 is 1.32 bits per heavy atom. The Balaban J connectivity index is 1.92. The van der Waals surface area contributed by atoms with Crippen LogP contribution in [-0.4, -0.2) is 15.9 Å². The van der Waals surface area contributed by atoms with Crippen LogP contribution in [0, 0.1) is 13.8 Å². The fraction of sp³-hybridized carbons (Fsp3) is 0.235. The Labute approximate surface area is 157 Å². The standard InChI is InChI=1S/C17H14Cl2N2O3S/c1-7-9(3)25-16-12(7)15(22)20-14(21-16)8(2)24-17(23)10-5-4-6-11(18)13(10)19/h4-6,8H,1-3H3,(H,20,21,22)/t8-/m1/s1. The van der Waals surface area contributed by atoms with E-state index in [1.54, 1.807) is 19.1 Å². The van der Waals surface area contributed by atoms with E-state index >= 15 is 0 Å². The summed E-state index contributed by atoms with van der Waals surface area (Å²) in [5.74, 6) is -0.355. The van der Waals surface area contributed by atoms with Crippen LogP contribution in [0.3, 0.4) is 0 Å². The van der Waals surface area contributed by atoms with Crippen molar-refractivity contribution in [3.05, 3.63) is 60.4 Å². The molecule has 1 atom stereocenters. The van der Waals surface area contributed by atoms with Crippen LogP contribution < -0.4 is 5.56 Å². The molecular formula is C17H14Cl2N2O3S. The number of esters is 1. The van der Waals surface area contributed by atoms with Gasteiger partial charge in [0, 0.05) is 4.88 Å². The summed E-state index contributed by atoms with van der Waals surface area (Å²) < 4.78 is 5.39. The predicted molar refractivity (Wildman–Crippen MR) is 100 cm³/mol. The van der Waals surface area contributed by atoms with E-state index in [9.17, 15) is 9.59 Å². The molecule has 0 fully saturated rings. The molecule has 0 saturated heterocycles. The number of aromatic nitrogens is 2. The van der Waals surface area contributed by atoms with Crippen molar-refractivity contribution in [2.45, 2.75) is 26.9 Å². The van der Waals surface area contributed by atoms with Gasteiger partial charge in [-0.15, -0.1) is 11.3 Å². The number of nitrogens with zero attached hydrogens (tertiary/aromatic N) is 1. The van der Waals surface area contributed by atoms with Gasteiger partial charge in [-0.3, -0.25) is 4.79 Å². The van der Waals surface area contributed by atoms with Gasteiger partial charge >= 0.3 is 5.97 Å². The second-order valence-electron chi connectivity index (χ2n) is 5.56. The number of carbonyl (C=O) groups excluding carboxylic acids is 1. The first-order valence-corrected chi connectivity index (χ1v) is 9.01. The highest BCUT2D eigenvalue weighted by molar-refractivity contribution is 7.18. The van der Waals surface area contributed by atoms with Gasteiger partial charge < -0.3 is 9.72 Å². The lowest BCUT2D eigenvalue weighted by molar-refractivity contribution is 0.0320. The molecule has 5 nitrogen and oxygen atoms in total. The Kier molecular flexibility index (Phi) is 4.86. The van der Waals surface area contributed by atoms with Crippen molar-refractivity contribution in [2.75, 3.05) is 0 Å². The molecule has 1 N–H and O–H groups in total. The van der Waals surface area contributed by atoms with Gasteiger partial charge in [-0.25, -0.2) is 9.78 Å². The molecule has 0 unspecified atom stereocenters. The van der Waals surface area contributed by atoms with Crippen LogP contribution in [0.25, 0.3) is 10.2 Å². The quantitative estimate of drug-likeness (QED) is 0.643. The normalized spacial score (nSPS) is 12.4. The van der Waals surface area contributed by atoms with Crippen molar-refractivity contribution in [3.63, 3.8) is 0 Å². The Morgan fingerprint density at radius 2 is 2.04 bits per heavy atom. The summed E-state index contributed by atoms with van der Waals surface area (Å²) in [7, 11) is 0. The van der Waals surface area contributed by atoms with Gasteiger partial charge in [0.25, 0.3) is 5.56 Å². The molecule has 0 spiro atoms. The molecule has 130 valence electrons. The van der Waals surface area contributed by atoms with Crippen LogP contribution >= 0.6 is 34.5 Å². The summed E-state index contributed by atoms with van der Waals surface area (Å²) in [5.41, 5.74) is 0.827. The number of aromatic amines is 1. The number of rotatable bonds is 3. The number of hydrogen-bond donors (Lipinski definition) is 1. The monoisotopic (exact) mass is 396 g/mol. The van der Waals surface area contributed by atoms with Crippen LogP contribution in [0.2, 0.25) is 10.0 Å². The largest absolute Gasteiger partial charge is 0.451 e. The number of halogens is 2. The molecule has 0 amide bonds. The molecule has 1 aromatic carbocycles. The second kappa shape index (κ2) is 6.78. The molecule has 2 heterocycles. The molecule has 0 saturated carbocycles. The zero-order valence-electron chi connectivity index (χ0n) is 13.6. The van der Waals surface area contributed by atoms with Gasteiger partial charge in [0.15, 0.2) is 11.9 Å². The predicted octanol–water partition coefficient (Wildman–Crippen LogP) is 4.83. The first-order chi connectivity index (χ1) is 11.8. The van der Waals surface area contributed by atoms with Crippen molar-refractivity contribution in [1.29, 1.82) is 0 Å². The summed E-state index contributed by atoms with van der Waals surface area (Å²) in [6.07, 6.45) is -0.748. The maximum absolute atomic E-state index is 12.3. The number of H-pyrrole nitrogens is 1. The van der Waals surface area contributed by atoms with E-state index in [0.29, 0.717) is 10.2 Å². The van der Waals surface area contributed by atoms with E-state index in [1.807, 2.05) is 13.8 Å². The van der Waals surface area contributed by atoms with Crippen LogP contribution in [0.1, 0.15) is 39.7 Å². The van der Waals surface area contributed by atoms with Crippen molar-refractivity contribution in [1.82, 2.24) is 9.97 Å². The first-order valence-electron chi connectivity index (χ1n) is 7.44. The zero-order valence-corrected chi connectivity index (χ0v) is 16.0. The second-order valence-corrected chi connectivity index (χ2v) is 7.55. The van der Waals surface area contributed by atoms with Gasteiger partial charge in [0.05, 0.1) is 21.0 Å².